The summed E-state index contributed by atoms with van der Waals surface area (Å²) in [4.78, 5) is 0. The average Bonchev–Trinajstić information content (AvgIpc) is 2.71. The molecule has 0 aliphatic carbocycles. The van der Waals surface area contributed by atoms with Crippen LogP contribution in [0.1, 0.15) is 25.7 Å². The molecule has 0 aromatic heterocycles. The van der Waals surface area contributed by atoms with Crippen molar-refractivity contribution in [2.45, 2.75) is 31.7 Å². The third-order valence-electron chi connectivity index (χ3n) is 3.02. The summed E-state index contributed by atoms with van der Waals surface area (Å²) in [5, 5.41) is 3.20. The van der Waals surface area contributed by atoms with Crippen molar-refractivity contribution in [3.63, 3.8) is 0 Å². The van der Waals surface area contributed by atoms with Crippen molar-refractivity contribution in [3.8, 4) is 0 Å². The predicted molar refractivity (Wildman–Crippen MR) is 58.8 cm³/mol. The first kappa shape index (κ1) is 11.3. The maximum atomic E-state index is 11.9. The van der Waals surface area contributed by atoms with Gasteiger partial charge >= 0.3 is 0 Å². The number of piperidine rings is 1. The molecule has 6 heteroatoms. The van der Waals surface area contributed by atoms with Gasteiger partial charge in [-0.3, -0.25) is 0 Å². The zero-order valence-corrected chi connectivity index (χ0v) is 9.72. The van der Waals surface area contributed by atoms with Crippen molar-refractivity contribution in [1.82, 2.24) is 14.3 Å². The van der Waals surface area contributed by atoms with Gasteiger partial charge in [-0.1, -0.05) is 0 Å². The Hall–Kier alpha value is -0.170. The van der Waals surface area contributed by atoms with Crippen LogP contribution in [-0.4, -0.2) is 44.9 Å². The fourth-order valence-electron chi connectivity index (χ4n) is 2.17. The van der Waals surface area contributed by atoms with Gasteiger partial charge in [0.25, 0.3) is 10.2 Å². The maximum absolute atomic E-state index is 11.9. The van der Waals surface area contributed by atoms with Crippen molar-refractivity contribution in [2.24, 2.45) is 0 Å². The van der Waals surface area contributed by atoms with E-state index in [0.717, 1.165) is 38.8 Å². The molecular weight excluding hydrogens is 214 g/mol. The second-order valence-electron chi connectivity index (χ2n) is 4.27. The Morgan fingerprint density at radius 3 is 2.53 bits per heavy atom. The van der Waals surface area contributed by atoms with Crippen LogP contribution in [0.3, 0.4) is 0 Å². The van der Waals surface area contributed by atoms with E-state index in [1.54, 1.807) is 4.31 Å². The fourth-order valence-corrected chi connectivity index (χ4v) is 3.68. The van der Waals surface area contributed by atoms with E-state index in [-0.39, 0.29) is 6.04 Å². The summed E-state index contributed by atoms with van der Waals surface area (Å²) in [6.45, 7) is 3.11. The summed E-state index contributed by atoms with van der Waals surface area (Å²) in [5.41, 5.74) is 0. The lowest BCUT2D eigenvalue weighted by molar-refractivity contribution is 0.404. The molecule has 88 valence electrons. The summed E-state index contributed by atoms with van der Waals surface area (Å²) < 4.78 is 28.1. The normalized spacial score (nSPS) is 29.5. The molecule has 1 atom stereocenters. The molecule has 0 spiro atoms. The Morgan fingerprint density at radius 1 is 1.20 bits per heavy atom. The highest BCUT2D eigenvalue weighted by Gasteiger charge is 2.28. The van der Waals surface area contributed by atoms with Gasteiger partial charge in [0.15, 0.2) is 0 Å². The van der Waals surface area contributed by atoms with Crippen molar-refractivity contribution in [2.75, 3.05) is 26.2 Å². The predicted octanol–water partition coefficient (Wildman–Crippen LogP) is -0.331. The first-order chi connectivity index (χ1) is 7.18. The van der Waals surface area contributed by atoms with Gasteiger partial charge in [0.2, 0.25) is 0 Å². The molecule has 0 saturated carbocycles. The third-order valence-corrected chi connectivity index (χ3v) is 4.69. The van der Waals surface area contributed by atoms with Gasteiger partial charge in [0.05, 0.1) is 0 Å². The number of nitrogens with zero attached hydrogens (tertiary/aromatic N) is 1. The van der Waals surface area contributed by atoms with Gasteiger partial charge in [0.1, 0.15) is 0 Å². The van der Waals surface area contributed by atoms with E-state index in [0.29, 0.717) is 13.1 Å². The zero-order valence-electron chi connectivity index (χ0n) is 8.91. The van der Waals surface area contributed by atoms with Crippen molar-refractivity contribution in [1.29, 1.82) is 0 Å². The number of hydrogen-bond donors (Lipinski definition) is 2. The summed E-state index contributed by atoms with van der Waals surface area (Å²) >= 11 is 0. The summed E-state index contributed by atoms with van der Waals surface area (Å²) in [5.74, 6) is 0. The highest BCUT2D eigenvalue weighted by Crippen LogP contribution is 2.13. The number of nitrogens with one attached hydrogen (secondary N) is 2. The Balaban J connectivity index is 1.90. The van der Waals surface area contributed by atoms with Gasteiger partial charge in [-0.05, 0) is 32.2 Å². The van der Waals surface area contributed by atoms with Crippen LogP contribution in [0, 0.1) is 0 Å². The van der Waals surface area contributed by atoms with Gasteiger partial charge in [-0.2, -0.15) is 17.4 Å². The minimum atomic E-state index is -3.22. The summed E-state index contributed by atoms with van der Waals surface area (Å²) in [6, 6.07) is 0.0735. The van der Waals surface area contributed by atoms with Crippen LogP contribution in [-0.2, 0) is 10.2 Å². The van der Waals surface area contributed by atoms with Crippen LogP contribution in [0.5, 0.6) is 0 Å². The Labute approximate surface area is 91.4 Å². The lowest BCUT2D eigenvalue weighted by atomic mass is 10.1. The molecule has 0 aromatic carbocycles. The molecule has 2 N–H and O–H groups in total. The fraction of sp³-hybridized carbons (Fsp3) is 1.00. The number of rotatable bonds is 3. The highest BCUT2D eigenvalue weighted by molar-refractivity contribution is 7.87. The van der Waals surface area contributed by atoms with E-state index in [1.807, 2.05) is 0 Å². The van der Waals surface area contributed by atoms with Gasteiger partial charge < -0.3 is 5.32 Å². The monoisotopic (exact) mass is 233 g/mol. The molecule has 0 bridgehead atoms. The van der Waals surface area contributed by atoms with Crippen LogP contribution in [0.15, 0.2) is 0 Å². The molecular formula is C9H19N3O2S. The van der Waals surface area contributed by atoms with E-state index < -0.39 is 10.2 Å². The molecule has 2 aliphatic heterocycles. The first-order valence-corrected chi connectivity index (χ1v) is 7.10. The largest absolute Gasteiger partial charge is 0.315 e. The zero-order chi connectivity index (χ0) is 10.7. The van der Waals surface area contributed by atoms with Crippen molar-refractivity contribution < 1.29 is 8.42 Å². The quantitative estimate of drug-likeness (QED) is 0.701. The SMILES string of the molecule is O=S(=O)(N[C@@H]1CCCNC1)N1CCCC1. The molecule has 15 heavy (non-hydrogen) atoms. The van der Waals surface area contributed by atoms with Crippen LogP contribution in [0.4, 0.5) is 0 Å². The molecule has 0 amide bonds. The second-order valence-corrected chi connectivity index (χ2v) is 5.97. The molecule has 2 rings (SSSR count). The molecule has 0 radical (unpaired) electrons. The summed E-state index contributed by atoms with van der Waals surface area (Å²) in [6.07, 6.45) is 3.97. The van der Waals surface area contributed by atoms with Crippen LogP contribution in [0.2, 0.25) is 0 Å². The first-order valence-electron chi connectivity index (χ1n) is 5.66. The standard InChI is InChI=1S/C9H19N3O2S/c13-15(14,12-6-1-2-7-12)11-9-4-3-5-10-8-9/h9-11H,1-8H2/t9-/m1/s1. The Morgan fingerprint density at radius 2 is 1.93 bits per heavy atom. The minimum Gasteiger partial charge on any atom is -0.315 e. The van der Waals surface area contributed by atoms with E-state index >= 15 is 0 Å². The maximum Gasteiger partial charge on any atom is 0.279 e. The lowest BCUT2D eigenvalue weighted by Crippen LogP contribution is -2.50. The molecule has 2 fully saturated rings. The summed E-state index contributed by atoms with van der Waals surface area (Å²) in [7, 11) is -3.22. The van der Waals surface area contributed by atoms with Crippen molar-refractivity contribution >= 4 is 10.2 Å². The van der Waals surface area contributed by atoms with E-state index in [4.69, 9.17) is 0 Å². The lowest BCUT2D eigenvalue weighted by Gasteiger charge is -2.26. The van der Waals surface area contributed by atoms with Crippen molar-refractivity contribution in [3.05, 3.63) is 0 Å². The van der Waals surface area contributed by atoms with E-state index in [2.05, 4.69) is 10.0 Å². The van der Waals surface area contributed by atoms with E-state index in [9.17, 15) is 8.42 Å². The van der Waals surface area contributed by atoms with E-state index in [1.165, 1.54) is 0 Å². The van der Waals surface area contributed by atoms with Crippen LogP contribution >= 0.6 is 0 Å². The van der Waals surface area contributed by atoms with Gasteiger partial charge in [-0.15, -0.1) is 0 Å². The molecule has 5 nitrogen and oxygen atoms in total. The topological polar surface area (TPSA) is 61.4 Å². The van der Waals surface area contributed by atoms with Crippen LogP contribution < -0.4 is 10.0 Å². The van der Waals surface area contributed by atoms with Crippen LogP contribution in [0.25, 0.3) is 0 Å². The van der Waals surface area contributed by atoms with Gasteiger partial charge in [-0.25, -0.2) is 0 Å². The molecule has 2 heterocycles. The molecule has 2 aliphatic rings. The molecule has 0 unspecified atom stereocenters. The molecule has 0 aromatic rings. The molecule has 2 saturated heterocycles. The third kappa shape index (κ3) is 2.90. The Bertz CT molecular complexity index is 292. The minimum absolute atomic E-state index is 0.0735. The Kier molecular flexibility index (Phi) is 3.60. The highest BCUT2D eigenvalue weighted by atomic mass is 32.2. The number of hydrogen-bond acceptors (Lipinski definition) is 3. The average molecular weight is 233 g/mol. The smallest absolute Gasteiger partial charge is 0.279 e. The second kappa shape index (κ2) is 4.78. The van der Waals surface area contributed by atoms with Gasteiger partial charge in [0, 0.05) is 25.7 Å².